The van der Waals surface area contributed by atoms with E-state index in [1.165, 1.54) is 12.5 Å². The first-order chi connectivity index (χ1) is 12.2. The molecule has 0 atom stereocenters. The predicted octanol–water partition coefficient (Wildman–Crippen LogP) is 4.77. The molecule has 0 aromatic heterocycles. The molecule has 0 aliphatic heterocycles. The fourth-order valence-electron chi connectivity index (χ4n) is 2.08. The van der Waals surface area contributed by atoms with Crippen LogP contribution in [0.15, 0.2) is 47.4 Å². The minimum Gasteiger partial charge on any atom is -0.467 e. The third kappa shape index (κ3) is 6.01. The van der Waals surface area contributed by atoms with Gasteiger partial charge >= 0.3 is 5.97 Å². The van der Waals surface area contributed by atoms with Crippen LogP contribution in [0.4, 0.5) is 0 Å². The third-order valence-electron chi connectivity index (χ3n) is 3.11. The Balaban J connectivity index is 2.32. The largest absolute Gasteiger partial charge is 0.467 e. The Morgan fingerprint density at radius 2 is 2.04 bits per heavy atom. The first kappa shape index (κ1) is 19.7. The summed E-state index contributed by atoms with van der Waals surface area (Å²) < 4.78 is 15.6. The van der Waals surface area contributed by atoms with Crippen molar-refractivity contribution in [3.8, 4) is 5.75 Å². The molecular weight excluding hydrogens is 380 g/mol. The quantitative estimate of drug-likeness (QED) is 0.263. The van der Waals surface area contributed by atoms with Gasteiger partial charge in [-0.2, -0.15) is 0 Å². The van der Waals surface area contributed by atoms with Gasteiger partial charge in [0.05, 0.1) is 0 Å². The Labute approximate surface area is 161 Å². The summed E-state index contributed by atoms with van der Waals surface area (Å²) in [7, 11) is 1.50. The van der Waals surface area contributed by atoms with Gasteiger partial charge in [0, 0.05) is 28.1 Å². The van der Waals surface area contributed by atoms with Crippen LogP contribution < -0.4 is 4.74 Å². The smallest absolute Gasteiger partial charge is 0.342 e. The monoisotopic (exact) mass is 396 g/mol. The van der Waals surface area contributed by atoms with E-state index in [0.29, 0.717) is 22.1 Å². The Morgan fingerprint density at radius 1 is 1.28 bits per heavy atom. The van der Waals surface area contributed by atoms with Crippen LogP contribution in [0.5, 0.6) is 5.75 Å². The van der Waals surface area contributed by atoms with Crippen molar-refractivity contribution < 1.29 is 19.0 Å². The first-order valence-corrected chi connectivity index (χ1v) is 9.22. The zero-order valence-electron chi connectivity index (χ0n) is 13.6. The molecule has 0 fully saturated rings. The summed E-state index contributed by atoms with van der Waals surface area (Å²) in [6.45, 7) is 0.0465. The average molecular weight is 397 g/mol. The highest BCUT2D eigenvalue weighted by atomic mass is 35.5. The predicted molar refractivity (Wildman–Crippen MR) is 104 cm³/mol. The number of ether oxygens (including phenoxy) is 3. The lowest BCUT2D eigenvalue weighted by molar-refractivity contribution is 0.0454. The van der Waals surface area contributed by atoms with Gasteiger partial charge in [-0.3, -0.25) is 0 Å². The van der Waals surface area contributed by atoms with Crippen molar-refractivity contribution in [1.82, 2.24) is 0 Å². The number of rotatable bonds is 9. The van der Waals surface area contributed by atoms with Crippen LogP contribution in [0.2, 0.25) is 5.02 Å². The van der Waals surface area contributed by atoms with Gasteiger partial charge in [0.25, 0.3) is 0 Å². The van der Waals surface area contributed by atoms with Crippen LogP contribution in [0.1, 0.15) is 15.9 Å². The van der Waals surface area contributed by atoms with E-state index in [1.807, 2.05) is 30.3 Å². The molecule has 2 aromatic carbocycles. The van der Waals surface area contributed by atoms with Crippen LogP contribution in [0, 0.1) is 0 Å². The Bertz CT molecular complexity index is 723. The van der Waals surface area contributed by atoms with E-state index >= 15 is 0 Å². The van der Waals surface area contributed by atoms with Gasteiger partial charge in [-0.15, -0.1) is 11.8 Å². The Hall–Kier alpha value is -1.60. The summed E-state index contributed by atoms with van der Waals surface area (Å²) in [5.74, 6) is 0.357. The minimum absolute atomic E-state index is 0.000940. The molecule has 0 amide bonds. The maximum absolute atomic E-state index is 12.5. The number of esters is 1. The molecule has 0 unspecified atom stereocenters. The molecule has 0 aliphatic carbocycles. The van der Waals surface area contributed by atoms with Crippen molar-refractivity contribution in [2.45, 2.75) is 10.6 Å². The second-order valence-electron chi connectivity index (χ2n) is 4.86. The molecule has 25 heavy (non-hydrogen) atoms. The number of benzene rings is 2. The highest BCUT2D eigenvalue weighted by Crippen LogP contribution is 2.33. The molecule has 132 valence electrons. The van der Waals surface area contributed by atoms with Crippen molar-refractivity contribution in [3.63, 3.8) is 0 Å². The lowest BCUT2D eigenvalue weighted by atomic mass is 10.1. The second-order valence-corrected chi connectivity index (χ2v) is 6.67. The molecule has 0 heterocycles. The molecule has 0 saturated heterocycles. The molecule has 0 radical (unpaired) electrons. The van der Waals surface area contributed by atoms with Crippen molar-refractivity contribution in [2.75, 3.05) is 20.5 Å². The summed E-state index contributed by atoms with van der Waals surface area (Å²) in [5.41, 5.74) is 1.06. The summed E-state index contributed by atoms with van der Waals surface area (Å²) in [6.07, 6.45) is 0. The molecule has 0 spiro atoms. The van der Waals surface area contributed by atoms with Gasteiger partial charge in [0.15, 0.2) is 6.79 Å². The van der Waals surface area contributed by atoms with Crippen molar-refractivity contribution in [3.05, 3.63) is 58.6 Å². The standard InChI is InChI=1S/C18H17ClO4S2/c1-21-12-23-16-10-14(19)9-13(17(16)18(20)22-7-8-24)11-25-15-5-3-2-4-6-15/h2-6,8-10H,7,11-12H2,1H3. The van der Waals surface area contributed by atoms with E-state index in [1.54, 1.807) is 23.9 Å². The molecule has 4 nitrogen and oxygen atoms in total. The topological polar surface area (TPSA) is 44.8 Å². The molecule has 2 rings (SSSR count). The summed E-state index contributed by atoms with van der Waals surface area (Å²) in [4.78, 5) is 13.6. The lowest BCUT2D eigenvalue weighted by Crippen LogP contribution is -2.13. The van der Waals surface area contributed by atoms with Crippen LogP contribution in [-0.4, -0.2) is 31.8 Å². The zero-order valence-corrected chi connectivity index (χ0v) is 16.0. The Morgan fingerprint density at radius 3 is 2.72 bits per heavy atom. The van der Waals surface area contributed by atoms with E-state index in [4.69, 9.17) is 38.0 Å². The lowest BCUT2D eigenvalue weighted by Gasteiger charge is -2.15. The minimum atomic E-state index is -0.507. The second kappa shape index (κ2) is 10.4. The first-order valence-electron chi connectivity index (χ1n) is 7.38. The van der Waals surface area contributed by atoms with Gasteiger partial charge in [-0.25, -0.2) is 4.79 Å². The number of halogens is 1. The average Bonchev–Trinajstić information content (AvgIpc) is 2.63. The van der Waals surface area contributed by atoms with Crippen molar-refractivity contribution in [2.24, 2.45) is 0 Å². The van der Waals surface area contributed by atoms with Crippen LogP contribution in [-0.2, 0) is 15.2 Å². The van der Waals surface area contributed by atoms with Crippen molar-refractivity contribution >= 4 is 46.9 Å². The SMILES string of the molecule is COCOc1cc(Cl)cc(CSc2ccccc2)c1C(=O)OCC=S. The summed E-state index contributed by atoms with van der Waals surface area (Å²) in [6, 6.07) is 13.2. The Kier molecular flexibility index (Phi) is 8.21. The number of hydrogen-bond donors (Lipinski definition) is 0. The fourth-order valence-corrected chi connectivity index (χ4v) is 3.28. The fraction of sp³-hybridized carbons (Fsp3) is 0.222. The normalized spacial score (nSPS) is 10.3. The number of thiocarbonyl (C=S) groups is 1. The molecular formula is C18H17ClO4S2. The van der Waals surface area contributed by atoms with Gasteiger partial charge in [-0.05, 0) is 29.8 Å². The van der Waals surface area contributed by atoms with E-state index in [0.717, 1.165) is 10.5 Å². The number of carbonyl (C=O) groups is 1. The van der Waals surface area contributed by atoms with Gasteiger partial charge in [0.1, 0.15) is 17.9 Å². The molecule has 0 bridgehead atoms. The van der Waals surface area contributed by atoms with Gasteiger partial charge in [0.2, 0.25) is 0 Å². The number of methoxy groups -OCH3 is 1. The molecule has 0 saturated carbocycles. The van der Waals surface area contributed by atoms with E-state index in [-0.39, 0.29) is 13.4 Å². The van der Waals surface area contributed by atoms with E-state index < -0.39 is 5.97 Å². The van der Waals surface area contributed by atoms with E-state index in [9.17, 15) is 4.79 Å². The highest BCUT2D eigenvalue weighted by molar-refractivity contribution is 7.98. The van der Waals surface area contributed by atoms with E-state index in [2.05, 4.69) is 0 Å². The van der Waals surface area contributed by atoms with Crippen LogP contribution in [0.25, 0.3) is 0 Å². The van der Waals surface area contributed by atoms with Crippen molar-refractivity contribution in [1.29, 1.82) is 0 Å². The maximum atomic E-state index is 12.5. The highest BCUT2D eigenvalue weighted by Gasteiger charge is 2.20. The van der Waals surface area contributed by atoms with Crippen LogP contribution >= 0.6 is 35.6 Å². The van der Waals surface area contributed by atoms with Gasteiger partial charge < -0.3 is 14.2 Å². The van der Waals surface area contributed by atoms with Gasteiger partial charge in [-0.1, -0.05) is 42.0 Å². The zero-order chi connectivity index (χ0) is 18.1. The molecule has 2 aromatic rings. The number of thioether (sulfide) groups is 1. The number of carbonyl (C=O) groups excluding carboxylic acids is 1. The summed E-state index contributed by atoms with van der Waals surface area (Å²) >= 11 is 12.5. The molecule has 0 N–H and O–H groups in total. The summed E-state index contributed by atoms with van der Waals surface area (Å²) in [5, 5.41) is 1.82. The molecule has 7 heteroatoms. The maximum Gasteiger partial charge on any atom is 0.342 e. The van der Waals surface area contributed by atoms with Crippen LogP contribution in [0.3, 0.4) is 0 Å². The number of hydrogen-bond acceptors (Lipinski definition) is 6. The molecule has 0 aliphatic rings. The third-order valence-corrected chi connectivity index (χ3v) is 4.52.